The van der Waals surface area contributed by atoms with E-state index in [0.717, 1.165) is 10.2 Å². The van der Waals surface area contributed by atoms with E-state index in [-0.39, 0.29) is 11.5 Å². The van der Waals surface area contributed by atoms with E-state index >= 15 is 0 Å². The van der Waals surface area contributed by atoms with Gasteiger partial charge in [0.2, 0.25) is 5.78 Å². The van der Waals surface area contributed by atoms with Gasteiger partial charge in [0.25, 0.3) is 0 Å². The van der Waals surface area contributed by atoms with Crippen LogP contribution in [0.15, 0.2) is 57.6 Å². The van der Waals surface area contributed by atoms with Crippen LogP contribution in [0.1, 0.15) is 22.0 Å². The fourth-order valence-corrected chi connectivity index (χ4v) is 2.65. The monoisotopic (exact) mass is 420 g/mol. The van der Waals surface area contributed by atoms with E-state index < -0.39 is 0 Å². The van der Waals surface area contributed by atoms with Gasteiger partial charge in [0.15, 0.2) is 5.69 Å². The molecule has 0 aliphatic carbocycles. The molecule has 5 nitrogen and oxygen atoms in total. The molecule has 3 rings (SSSR count). The molecule has 0 saturated heterocycles. The first kappa shape index (κ1) is 17.5. The lowest BCUT2D eigenvalue weighted by Crippen LogP contribution is -1.98. The van der Waals surface area contributed by atoms with Gasteiger partial charge in [0, 0.05) is 17.7 Å². The van der Waals surface area contributed by atoms with Crippen LogP contribution in [0.5, 0.6) is 5.75 Å². The summed E-state index contributed by atoms with van der Waals surface area (Å²) in [6.07, 6.45) is 4.54. The quantitative estimate of drug-likeness (QED) is 0.419. The predicted molar refractivity (Wildman–Crippen MR) is 98.8 cm³/mol. The minimum atomic E-state index is -0.283. The second-order valence-corrected chi connectivity index (χ2v) is 6.57. The van der Waals surface area contributed by atoms with Crippen molar-refractivity contribution in [2.45, 2.75) is 6.61 Å². The second kappa shape index (κ2) is 7.72. The van der Waals surface area contributed by atoms with Crippen LogP contribution >= 0.6 is 27.5 Å². The number of nitrogens with zero attached hydrogens (tertiary/aromatic N) is 2. The zero-order valence-corrected chi connectivity index (χ0v) is 15.6. The molecule has 0 atom stereocenters. The summed E-state index contributed by atoms with van der Waals surface area (Å²) < 4.78 is 13.7. The van der Waals surface area contributed by atoms with Gasteiger partial charge in [-0.2, -0.15) is 5.10 Å². The van der Waals surface area contributed by atoms with Crippen molar-refractivity contribution in [3.63, 3.8) is 0 Å². The number of carbonyl (C=O) groups excluding carboxylic acids is 1. The molecular weight excluding hydrogens is 408 g/mol. The Bertz CT molecular complexity index is 913. The molecule has 0 aliphatic rings. The zero-order chi connectivity index (χ0) is 17.8. The summed E-state index contributed by atoms with van der Waals surface area (Å²) in [6, 6.07) is 11.1. The van der Waals surface area contributed by atoms with Crippen LogP contribution in [-0.4, -0.2) is 15.6 Å². The van der Waals surface area contributed by atoms with Crippen molar-refractivity contribution in [3.05, 3.63) is 75.4 Å². The molecule has 25 heavy (non-hydrogen) atoms. The van der Waals surface area contributed by atoms with Crippen LogP contribution in [0.25, 0.3) is 6.08 Å². The SMILES string of the molecule is Cn1cc(Cl)c(C(=O)/C=C/c2ccc(COc3ccc(Br)cc3)o2)n1. The van der Waals surface area contributed by atoms with E-state index in [2.05, 4.69) is 21.0 Å². The minimum Gasteiger partial charge on any atom is -0.486 e. The third-order valence-electron chi connectivity index (χ3n) is 3.29. The van der Waals surface area contributed by atoms with Crippen molar-refractivity contribution in [2.24, 2.45) is 7.05 Å². The number of aryl methyl sites for hydroxylation is 1. The van der Waals surface area contributed by atoms with Gasteiger partial charge in [-0.3, -0.25) is 9.48 Å². The van der Waals surface area contributed by atoms with Crippen molar-refractivity contribution in [1.82, 2.24) is 9.78 Å². The fraction of sp³-hybridized carbons (Fsp3) is 0.111. The molecule has 128 valence electrons. The molecule has 3 aromatic rings. The Balaban J connectivity index is 1.60. The third kappa shape index (κ3) is 4.61. The topological polar surface area (TPSA) is 57.3 Å². The lowest BCUT2D eigenvalue weighted by molar-refractivity contribution is 0.104. The first-order valence-corrected chi connectivity index (χ1v) is 8.57. The first-order valence-electron chi connectivity index (χ1n) is 7.40. The number of carbonyl (C=O) groups is 1. The summed E-state index contributed by atoms with van der Waals surface area (Å²) in [4.78, 5) is 12.1. The maximum Gasteiger partial charge on any atom is 0.207 e. The molecule has 2 heterocycles. The normalized spacial score (nSPS) is 11.2. The summed E-state index contributed by atoms with van der Waals surface area (Å²) in [5.74, 6) is 1.67. The highest BCUT2D eigenvalue weighted by atomic mass is 79.9. The van der Waals surface area contributed by atoms with Gasteiger partial charge < -0.3 is 9.15 Å². The molecule has 0 spiro atoms. The molecule has 0 N–H and O–H groups in total. The molecule has 0 bridgehead atoms. The highest BCUT2D eigenvalue weighted by molar-refractivity contribution is 9.10. The van der Waals surface area contributed by atoms with Crippen LogP contribution in [0.2, 0.25) is 5.02 Å². The minimum absolute atomic E-state index is 0.214. The maximum atomic E-state index is 12.1. The van der Waals surface area contributed by atoms with Gasteiger partial charge in [-0.15, -0.1) is 0 Å². The molecule has 1 aromatic carbocycles. The zero-order valence-electron chi connectivity index (χ0n) is 13.3. The second-order valence-electron chi connectivity index (χ2n) is 5.24. The third-order valence-corrected chi connectivity index (χ3v) is 4.10. The number of halogens is 2. The van der Waals surface area contributed by atoms with Gasteiger partial charge in [0.1, 0.15) is 23.9 Å². The van der Waals surface area contributed by atoms with Crippen LogP contribution in [0.4, 0.5) is 0 Å². The number of furan rings is 1. The Kier molecular flexibility index (Phi) is 5.40. The Morgan fingerprint density at radius 3 is 2.76 bits per heavy atom. The number of benzene rings is 1. The van der Waals surface area contributed by atoms with Gasteiger partial charge in [-0.1, -0.05) is 27.5 Å². The maximum absolute atomic E-state index is 12.1. The van der Waals surface area contributed by atoms with Crippen molar-refractivity contribution < 1.29 is 13.9 Å². The van der Waals surface area contributed by atoms with Crippen LogP contribution in [0.3, 0.4) is 0 Å². The molecular formula is C18H14BrClN2O3. The van der Waals surface area contributed by atoms with Gasteiger partial charge in [0.05, 0.1) is 5.02 Å². The summed E-state index contributed by atoms with van der Waals surface area (Å²) in [5.41, 5.74) is 0.214. The number of hydrogen-bond acceptors (Lipinski definition) is 4. The van der Waals surface area contributed by atoms with E-state index in [1.807, 2.05) is 24.3 Å². The van der Waals surface area contributed by atoms with Crippen molar-refractivity contribution in [3.8, 4) is 5.75 Å². The number of hydrogen-bond donors (Lipinski definition) is 0. The van der Waals surface area contributed by atoms with Gasteiger partial charge in [-0.05, 0) is 48.6 Å². The number of ketones is 1. The Hall–Kier alpha value is -2.31. The Morgan fingerprint density at radius 1 is 1.32 bits per heavy atom. The van der Waals surface area contributed by atoms with Crippen molar-refractivity contribution >= 4 is 39.4 Å². The van der Waals surface area contributed by atoms with E-state index in [1.54, 1.807) is 31.5 Å². The average Bonchev–Trinajstić information content (AvgIpc) is 3.18. The molecule has 0 aliphatic heterocycles. The van der Waals surface area contributed by atoms with E-state index in [0.29, 0.717) is 23.2 Å². The standard InChI is InChI=1S/C18H14BrClN2O3/c1-22-10-16(20)18(21-22)17(23)9-8-14-6-7-15(25-14)11-24-13-4-2-12(19)3-5-13/h2-10H,11H2,1H3/b9-8+. The highest BCUT2D eigenvalue weighted by Gasteiger charge is 2.12. The van der Waals surface area contributed by atoms with Gasteiger partial charge >= 0.3 is 0 Å². The average molecular weight is 422 g/mol. The van der Waals surface area contributed by atoms with Crippen LogP contribution in [0, 0.1) is 0 Å². The molecule has 2 aromatic heterocycles. The van der Waals surface area contributed by atoms with Crippen molar-refractivity contribution in [1.29, 1.82) is 0 Å². The largest absolute Gasteiger partial charge is 0.486 e. The van der Waals surface area contributed by atoms with Crippen LogP contribution < -0.4 is 4.74 Å². The van der Waals surface area contributed by atoms with Gasteiger partial charge in [-0.25, -0.2) is 0 Å². The predicted octanol–water partition coefficient (Wildman–Crippen LogP) is 4.90. The number of aromatic nitrogens is 2. The number of allylic oxidation sites excluding steroid dienone is 1. The molecule has 0 fully saturated rings. The Morgan fingerprint density at radius 2 is 2.08 bits per heavy atom. The number of rotatable bonds is 6. The smallest absolute Gasteiger partial charge is 0.207 e. The fourth-order valence-electron chi connectivity index (χ4n) is 2.11. The van der Waals surface area contributed by atoms with E-state index in [1.165, 1.54) is 10.8 Å². The van der Waals surface area contributed by atoms with Crippen LogP contribution in [-0.2, 0) is 13.7 Å². The lowest BCUT2D eigenvalue weighted by Gasteiger charge is -2.03. The van der Waals surface area contributed by atoms with Crippen molar-refractivity contribution in [2.75, 3.05) is 0 Å². The summed E-state index contributed by atoms with van der Waals surface area (Å²) >= 11 is 9.33. The highest BCUT2D eigenvalue weighted by Crippen LogP contribution is 2.19. The first-order chi connectivity index (χ1) is 12.0. The van der Waals surface area contributed by atoms with E-state index in [9.17, 15) is 4.79 Å². The molecule has 0 unspecified atom stereocenters. The van der Waals surface area contributed by atoms with E-state index in [4.69, 9.17) is 20.8 Å². The lowest BCUT2D eigenvalue weighted by atomic mass is 10.2. The Labute approximate surface area is 158 Å². The summed E-state index contributed by atoms with van der Waals surface area (Å²) in [6.45, 7) is 0.301. The number of ether oxygens (including phenoxy) is 1. The summed E-state index contributed by atoms with van der Waals surface area (Å²) in [5, 5.41) is 4.35. The summed E-state index contributed by atoms with van der Waals surface area (Å²) in [7, 11) is 1.70. The molecule has 0 saturated carbocycles. The molecule has 0 radical (unpaired) electrons. The molecule has 0 amide bonds. The molecule has 7 heteroatoms.